The minimum Gasteiger partial charge on any atom is -0.481 e. The molecule has 3 rings (SSSR count). The zero-order chi connectivity index (χ0) is 17.8. The van der Waals surface area contributed by atoms with Crippen LogP contribution in [0.1, 0.15) is 69.2 Å². The van der Waals surface area contributed by atoms with E-state index in [4.69, 9.17) is 4.74 Å². The lowest BCUT2D eigenvalue weighted by molar-refractivity contribution is -0.128. The molecule has 1 aromatic carbocycles. The Morgan fingerprint density at radius 2 is 1.88 bits per heavy atom. The molecule has 25 heavy (non-hydrogen) atoms. The minimum atomic E-state index is -0.564. The van der Waals surface area contributed by atoms with Gasteiger partial charge in [-0.1, -0.05) is 37.8 Å². The van der Waals surface area contributed by atoms with E-state index in [0.29, 0.717) is 11.3 Å². The molecule has 2 aliphatic rings. The third-order valence-electron chi connectivity index (χ3n) is 5.81. The summed E-state index contributed by atoms with van der Waals surface area (Å²) < 4.78 is 5.75. The Morgan fingerprint density at radius 1 is 1.12 bits per heavy atom. The van der Waals surface area contributed by atoms with Crippen molar-refractivity contribution in [1.29, 1.82) is 0 Å². The number of amides is 1. The van der Waals surface area contributed by atoms with Crippen molar-refractivity contribution >= 4 is 11.7 Å². The van der Waals surface area contributed by atoms with Crippen LogP contribution in [0.5, 0.6) is 5.75 Å². The number of Topliss-reactive ketones (excluding diaryl/α,β-unsaturated/α-hetero) is 1. The summed E-state index contributed by atoms with van der Waals surface area (Å²) in [7, 11) is 0. The first-order valence-corrected chi connectivity index (χ1v) is 9.61. The van der Waals surface area contributed by atoms with Crippen molar-refractivity contribution in [1.82, 2.24) is 5.32 Å². The summed E-state index contributed by atoms with van der Waals surface area (Å²) in [5.41, 5.74) is 0.598. The molecule has 2 fully saturated rings. The van der Waals surface area contributed by atoms with Gasteiger partial charge in [-0.15, -0.1) is 0 Å². The lowest BCUT2D eigenvalue weighted by Crippen LogP contribution is -2.46. The first-order chi connectivity index (χ1) is 12.0. The molecule has 136 valence electrons. The Hall–Kier alpha value is -1.84. The van der Waals surface area contributed by atoms with Crippen LogP contribution in [0, 0.1) is 11.8 Å². The molecule has 2 saturated carbocycles. The molecule has 0 saturated heterocycles. The van der Waals surface area contributed by atoms with Crippen molar-refractivity contribution in [2.24, 2.45) is 11.8 Å². The molecule has 4 heteroatoms. The van der Waals surface area contributed by atoms with Gasteiger partial charge in [0.2, 0.25) is 0 Å². The van der Waals surface area contributed by atoms with Gasteiger partial charge in [0.25, 0.3) is 5.91 Å². The predicted octanol–water partition coefficient (Wildman–Crippen LogP) is 4.13. The van der Waals surface area contributed by atoms with Crippen molar-refractivity contribution in [2.75, 3.05) is 0 Å². The zero-order valence-electron chi connectivity index (χ0n) is 15.3. The van der Waals surface area contributed by atoms with Crippen molar-refractivity contribution in [3.63, 3.8) is 0 Å². The van der Waals surface area contributed by atoms with Crippen LogP contribution in [0.4, 0.5) is 0 Å². The SMILES string of the molecule is CC(=O)c1cccc(O[C@H](C)C(=O)N[C@@H]2CC[C@H]3CCCC[C@@H]3C2)c1. The predicted molar refractivity (Wildman–Crippen MR) is 97.8 cm³/mol. The molecule has 0 heterocycles. The van der Waals surface area contributed by atoms with E-state index >= 15 is 0 Å². The van der Waals surface area contributed by atoms with E-state index in [-0.39, 0.29) is 17.7 Å². The van der Waals surface area contributed by atoms with E-state index in [1.807, 2.05) is 0 Å². The average molecular weight is 343 g/mol. The fourth-order valence-corrected chi connectivity index (χ4v) is 4.37. The van der Waals surface area contributed by atoms with Gasteiger partial charge in [0, 0.05) is 11.6 Å². The molecular formula is C21H29NO3. The summed E-state index contributed by atoms with van der Waals surface area (Å²) >= 11 is 0. The number of hydrogen-bond donors (Lipinski definition) is 1. The first-order valence-electron chi connectivity index (χ1n) is 9.61. The molecule has 0 unspecified atom stereocenters. The summed E-state index contributed by atoms with van der Waals surface area (Å²) in [6, 6.07) is 7.29. The number of fused-ring (bicyclic) bond motifs is 1. The molecule has 1 N–H and O–H groups in total. The minimum absolute atomic E-state index is 0.00760. The van der Waals surface area contributed by atoms with Gasteiger partial charge in [0.05, 0.1) is 0 Å². The average Bonchev–Trinajstić information content (AvgIpc) is 2.61. The van der Waals surface area contributed by atoms with Gasteiger partial charge in [-0.3, -0.25) is 9.59 Å². The highest BCUT2D eigenvalue weighted by atomic mass is 16.5. The molecule has 0 aliphatic heterocycles. The molecule has 4 atom stereocenters. The van der Waals surface area contributed by atoms with Crippen LogP contribution in [-0.4, -0.2) is 23.8 Å². The van der Waals surface area contributed by atoms with Crippen molar-refractivity contribution in [3.8, 4) is 5.75 Å². The fraction of sp³-hybridized carbons (Fsp3) is 0.619. The maximum atomic E-state index is 12.5. The largest absolute Gasteiger partial charge is 0.481 e. The molecule has 4 nitrogen and oxygen atoms in total. The van der Waals surface area contributed by atoms with Crippen LogP contribution >= 0.6 is 0 Å². The van der Waals surface area contributed by atoms with E-state index in [0.717, 1.165) is 24.7 Å². The highest BCUT2D eigenvalue weighted by Crippen LogP contribution is 2.40. The Bertz CT molecular complexity index is 627. The lowest BCUT2D eigenvalue weighted by atomic mass is 9.69. The van der Waals surface area contributed by atoms with Gasteiger partial charge in [-0.2, -0.15) is 0 Å². The van der Waals surface area contributed by atoms with Crippen LogP contribution in [0.3, 0.4) is 0 Å². The highest BCUT2D eigenvalue weighted by molar-refractivity contribution is 5.94. The number of ether oxygens (including phenoxy) is 1. The molecule has 0 spiro atoms. The van der Waals surface area contributed by atoms with E-state index < -0.39 is 6.10 Å². The first kappa shape index (κ1) is 18.0. The number of carbonyl (C=O) groups is 2. The van der Waals surface area contributed by atoms with Crippen LogP contribution in [0.25, 0.3) is 0 Å². The quantitative estimate of drug-likeness (QED) is 0.818. The van der Waals surface area contributed by atoms with Crippen LogP contribution in [0.2, 0.25) is 0 Å². The second kappa shape index (κ2) is 8.03. The number of carbonyl (C=O) groups excluding carboxylic acids is 2. The number of ketones is 1. The highest BCUT2D eigenvalue weighted by Gasteiger charge is 2.33. The molecule has 0 radical (unpaired) electrons. The van der Waals surface area contributed by atoms with E-state index in [2.05, 4.69) is 5.32 Å². The Balaban J connectivity index is 1.52. The van der Waals surface area contributed by atoms with E-state index in [1.165, 1.54) is 39.0 Å². The number of rotatable bonds is 5. The maximum absolute atomic E-state index is 12.5. The number of nitrogens with one attached hydrogen (secondary N) is 1. The molecule has 0 aromatic heterocycles. The summed E-state index contributed by atoms with van der Waals surface area (Å²) in [6.45, 7) is 3.29. The Morgan fingerprint density at radius 3 is 2.64 bits per heavy atom. The van der Waals surface area contributed by atoms with Gasteiger partial charge in [0.1, 0.15) is 5.75 Å². The second-order valence-corrected chi connectivity index (χ2v) is 7.67. The molecule has 1 amide bonds. The zero-order valence-corrected chi connectivity index (χ0v) is 15.3. The molecule has 2 aliphatic carbocycles. The summed E-state index contributed by atoms with van der Waals surface area (Å²) in [4.78, 5) is 24.0. The Labute approximate surface area is 150 Å². The summed E-state index contributed by atoms with van der Waals surface area (Å²) in [5.74, 6) is 2.16. The Kier molecular flexibility index (Phi) is 5.77. The monoisotopic (exact) mass is 343 g/mol. The third kappa shape index (κ3) is 4.62. The smallest absolute Gasteiger partial charge is 0.260 e. The number of hydrogen-bond acceptors (Lipinski definition) is 3. The second-order valence-electron chi connectivity index (χ2n) is 7.67. The molecule has 1 aromatic rings. The van der Waals surface area contributed by atoms with E-state index in [9.17, 15) is 9.59 Å². The van der Waals surface area contributed by atoms with Crippen molar-refractivity contribution in [2.45, 2.75) is 70.9 Å². The summed E-state index contributed by atoms with van der Waals surface area (Å²) in [6.07, 6.45) is 8.29. The molecular weight excluding hydrogens is 314 g/mol. The van der Waals surface area contributed by atoms with Crippen LogP contribution < -0.4 is 10.1 Å². The maximum Gasteiger partial charge on any atom is 0.260 e. The van der Waals surface area contributed by atoms with E-state index in [1.54, 1.807) is 31.2 Å². The van der Waals surface area contributed by atoms with Crippen LogP contribution in [0.15, 0.2) is 24.3 Å². The van der Waals surface area contributed by atoms with Gasteiger partial charge in [-0.25, -0.2) is 0 Å². The number of benzene rings is 1. The standard InChI is InChI=1S/C21H29NO3/c1-14(23)17-8-5-9-20(13-17)25-15(2)21(24)22-19-11-10-16-6-3-4-7-18(16)12-19/h5,8-9,13,15-16,18-19H,3-4,6-7,10-12H2,1-2H3,(H,22,24)/t15-,16-,18-,19-/m1/s1. The molecule has 0 bridgehead atoms. The third-order valence-corrected chi connectivity index (χ3v) is 5.81. The normalized spacial score (nSPS) is 27.0. The lowest BCUT2D eigenvalue weighted by Gasteiger charge is -2.39. The summed E-state index contributed by atoms with van der Waals surface area (Å²) in [5, 5.41) is 3.18. The van der Waals surface area contributed by atoms with Crippen molar-refractivity contribution < 1.29 is 14.3 Å². The van der Waals surface area contributed by atoms with Crippen molar-refractivity contribution in [3.05, 3.63) is 29.8 Å². The van der Waals surface area contributed by atoms with Gasteiger partial charge in [0.15, 0.2) is 11.9 Å². The topological polar surface area (TPSA) is 55.4 Å². The van der Waals surface area contributed by atoms with Gasteiger partial charge < -0.3 is 10.1 Å². The van der Waals surface area contributed by atoms with Gasteiger partial charge in [-0.05, 0) is 57.1 Å². The fourth-order valence-electron chi connectivity index (χ4n) is 4.37. The van der Waals surface area contributed by atoms with Crippen LogP contribution in [-0.2, 0) is 4.79 Å². The van der Waals surface area contributed by atoms with Gasteiger partial charge >= 0.3 is 0 Å².